The molecule has 0 atom stereocenters. The molecule has 5 aromatic rings. The maximum absolute atomic E-state index is 5.18. The summed E-state index contributed by atoms with van der Waals surface area (Å²) in [6.07, 6.45) is 11.1. The van der Waals surface area contributed by atoms with Crippen LogP contribution in [0.3, 0.4) is 0 Å². The molecular formula is C22H15N3O. The zero-order valence-corrected chi connectivity index (χ0v) is 13.9. The Labute approximate surface area is 150 Å². The van der Waals surface area contributed by atoms with Gasteiger partial charge in [-0.2, -0.15) is 0 Å². The van der Waals surface area contributed by atoms with Gasteiger partial charge in [0, 0.05) is 35.3 Å². The van der Waals surface area contributed by atoms with E-state index in [1.165, 1.54) is 0 Å². The Kier molecular flexibility index (Phi) is 3.39. The van der Waals surface area contributed by atoms with E-state index in [-0.39, 0.29) is 0 Å². The van der Waals surface area contributed by atoms with Crippen LogP contribution in [0.15, 0.2) is 96.3 Å². The number of nitrogens with zero attached hydrogens (tertiary/aromatic N) is 3. The van der Waals surface area contributed by atoms with Crippen molar-refractivity contribution in [3.05, 3.63) is 91.9 Å². The van der Waals surface area contributed by atoms with Gasteiger partial charge in [0.05, 0.1) is 24.4 Å². The van der Waals surface area contributed by atoms with E-state index in [0.29, 0.717) is 0 Å². The third kappa shape index (κ3) is 2.48. The molecule has 1 aromatic carbocycles. The van der Waals surface area contributed by atoms with Crippen molar-refractivity contribution < 1.29 is 4.42 Å². The highest BCUT2D eigenvalue weighted by Crippen LogP contribution is 2.28. The van der Waals surface area contributed by atoms with Gasteiger partial charge in [-0.05, 0) is 41.5 Å². The van der Waals surface area contributed by atoms with Gasteiger partial charge < -0.3 is 4.42 Å². The van der Waals surface area contributed by atoms with Gasteiger partial charge in [0.1, 0.15) is 5.65 Å². The number of furan rings is 1. The molecule has 4 aromatic heterocycles. The van der Waals surface area contributed by atoms with E-state index in [2.05, 4.69) is 63.0 Å². The lowest BCUT2D eigenvalue weighted by Crippen LogP contribution is -1.89. The van der Waals surface area contributed by atoms with Crippen molar-refractivity contribution in [1.29, 1.82) is 0 Å². The van der Waals surface area contributed by atoms with E-state index in [9.17, 15) is 0 Å². The van der Waals surface area contributed by atoms with Gasteiger partial charge in [0.15, 0.2) is 0 Å². The molecule has 0 spiro atoms. The first-order valence-corrected chi connectivity index (χ1v) is 8.39. The standard InChI is InChI=1S/C22H15N3O/c1-3-16(19-5-2-8-23-13-19)11-18(4-1)21-14-24-22-12-17(6-9-25(21)22)20-7-10-26-15-20/h1-15H. The number of imidazole rings is 1. The van der Waals surface area contributed by atoms with Crippen molar-refractivity contribution in [2.24, 2.45) is 0 Å². The molecule has 4 heteroatoms. The Hall–Kier alpha value is -3.66. The number of benzene rings is 1. The highest BCUT2D eigenvalue weighted by Gasteiger charge is 2.09. The smallest absolute Gasteiger partial charge is 0.137 e. The Bertz CT molecular complexity index is 1170. The molecule has 0 saturated heterocycles. The summed E-state index contributed by atoms with van der Waals surface area (Å²) in [6, 6.07) is 18.6. The predicted molar refractivity (Wildman–Crippen MR) is 102 cm³/mol. The number of rotatable bonds is 3. The van der Waals surface area contributed by atoms with Crippen LogP contribution >= 0.6 is 0 Å². The van der Waals surface area contributed by atoms with Crippen LogP contribution in [0, 0.1) is 0 Å². The predicted octanol–water partition coefficient (Wildman–Crippen LogP) is 5.32. The third-order valence-electron chi connectivity index (χ3n) is 4.52. The van der Waals surface area contributed by atoms with Gasteiger partial charge in [-0.3, -0.25) is 9.38 Å². The molecule has 0 N–H and O–H groups in total. The van der Waals surface area contributed by atoms with Crippen LogP contribution in [0.1, 0.15) is 0 Å². The first kappa shape index (κ1) is 14.7. The first-order valence-electron chi connectivity index (χ1n) is 8.39. The summed E-state index contributed by atoms with van der Waals surface area (Å²) in [6.45, 7) is 0. The molecule has 0 amide bonds. The van der Waals surface area contributed by atoms with Crippen molar-refractivity contribution in [3.63, 3.8) is 0 Å². The summed E-state index contributed by atoms with van der Waals surface area (Å²) in [7, 11) is 0. The van der Waals surface area contributed by atoms with Crippen molar-refractivity contribution >= 4 is 5.65 Å². The monoisotopic (exact) mass is 337 g/mol. The topological polar surface area (TPSA) is 43.3 Å². The van der Waals surface area contributed by atoms with Gasteiger partial charge in [0.2, 0.25) is 0 Å². The summed E-state index contributed by atoms with van der Waals surface area (Å²) in [5.74, 6) is 0. The summed E-state index contributed by atoms with van der Waals surface area (Å²) >= 11 is 0. The molecule has 124 valence electrons. The minimum absolute atomic E-state index is 0.908. The minimum atomic E-state index is 0.908. The lowest BCUT2D eigenvalue weighted by molar-refractivity contribution is 0.568. The second-order valence-electron chi connectivity index (χ2n) is 6.12. The number of fused-ring (bicyclic) bond motifs is 1. The number of aromatic nitrogens is 3. The molecule has 0 saturated carbocycles. The van der Waals surface area contributed by atoms with Crippen LogP contribution in [-0.4, -0.2) is 14.4 Å². The SMILES string of the molecule is c1cncc(-c2cccc(-c3cnc4cc(-c5ccoc5)ccn34)c2)c1. The Morgan fingerprint density at radius 2 is 1.65 bits per heavy atom. The van der Waals surface area contributed by atoms with Gasteiger partial charge >= 0.3 is 0 Å². The summed E-state index contributed by atoms with van der Waals surface area (Å²) in [4.78, 5) is 8.80. The molecule has 0 aliphatic rings. The molecule has 0 fully saturated rings. The molecule has 0 aliphatic carbocycles. The zero-order valence-electron chi connectivity index (χ0n) is 13.9. The highest BCUT2D eigenvalue weighted by molar-refractivity contribution is 5.74. The quantitative estimate of drug-likeness (QED) is 0.447. The normalized spacial score (nSPS) is 11.1. The second-order valence-corrected chi connectivity index (χ2v) is 6.12. The molecule has 0 radical (unpaired) electrons. The Morgan fingerprint density at radius 1 is 0.769 bits per heavy atom. The molecular weight excluding hydrogens is 322 g/mol. The average Bonchev–Trinajstić information content (AvgIpc) is 3.38. The van der Waals surface area contributed by atoms with Crippen molar-refractivity contribution in [1.82, 2.24) is 14.4 Å². The van der Waals surface area contributed by atoms with E-state index in [1.54, 1.807) is 18.7 Å². The fraction of sp³-hybridized carbons (Fsp3) is 0. The Balaban J connectivity index is 1.59. The number of hydrogen-bond acceptors (Lipinski definition) is 3. The highest BCUT2D eigenvalue weighted by atomic mass is 16.3. The second kappa shape index (κ2) is 6.01. The molecule has 0 unspecified atom stereocenters. The van der Waals surface area contributed by atoms with Crippen molar-refractivity contribution in [3.8, 4) is 33.5 Å². The average molecular weight is 337 g/mol. The summed E-state index contributed by atoms with van der Waals surface area (Å²) < 4.78 is 7.28. The van der Waals surface area contributed by atoms with Gasteiger partial charge in [-0.15, -0.1) is 0 Å². The lowest BCUT2D eigenvalue weighted by atomic mass is 10.0. The fourth-order valence-electron chi connectivity index (χ4n) is 3.19. The van der Waals surface area contributed by atoms with E-state index >= 15 is 0 Å². The lowest BCUT2D eigenvalue weighted by Gasteiger charge is -2.06. The van der Waals surface area contributed by atoms with Crippen LogP contribution in [0.4, 0.5) is 0 Å². The van der Waals surface area contributed by atoms with Crippen LogP contribution in [0.25, 0.3) is 39.2 Å². The van der Waals surface area contributed by atoms with E-state index < -0.39 is 0 Å². The molecule has 5 rings (SSSR count). The molecule has 0 bridgehead atoms. The van der Waals surface area contributed by atoms with E-state index in [4.69, 9.17) is 4.42 Å². The van der Waals surface area contributed by atoms with Gasteiger partial charge in [-0.25, -0.2) is 4.98 Å². The fourth-order valence-corrected chi connectivity index (χ4v) is 3.19. The van der Waals surface area contributed by atoms with Crippen molar-refractivity contribution in [2.45, 2.75) is 0 Å². The maximum atomic E-state index is 5.18. The van der Waals surface area contributed by atoms with Crippen LogP contribution < -0.4 is 0 Å². The summed E-state index contributed by atoms with van der Waals surface area (Å²) in [5, 5.41) is 0. The van der Waals surface area contributed by atoms with Crippen molar-refractivity contribution in [2.75, 3.05) is 0 Å². The van der Waals surface area contributed by atoms with E-state index in [1.807, 2.05) is 24.5 Å². The van der Waals surface area contributed by atoms with E-state index in [0.717, 1.165) is 39.2 Å². The number of hydrogen-bond donors (Lipinski definition) is 0. The van der Waals surface area contributed by atoms with Gasteiger partial charge in [-0.1, -0.05) is 24.3 Å². The minimum Gasteiger partial charge on any atom is -0.472 e. The number of pyridine rings is 2. The third-order valence-corrected chi connectivity index (χ3v) is 4.52. The zero-order chi connectivity index (χ0) is 17.3. The summed E-state index contributed by atoms with van der Waals surface area (Å²) in [5.41, 5.74) is 7.47. The van der Waals surface area contributed by atoms with Crippen LogP contribution in [-0.2, 0) is 0 Å². The van der Waals surface area contributed by atoms with Gasteiger partial charge in [0.25, 0.3) is 0 Å². The molecule has 4 nitrogen and oxygen atoms in total. The first-order chi connectivity index (χ1) is 12.9. The molecule has 0 aliphatic heterocycles. The molecule has 4 heterocycles. The van der Waals surface area contributed by atoms with Crippen LogP contribution in [0.2, 0.25) is 0 Å². The van der Waals surface area contributed by atoms with Crippen LogP contribution in [0.5, 0.6) is 0 Å². The largest absolute Gasteiger partial charge is 0.472 e. The molecule has 26 heavy (non-hydrogen) atoms. The Morgan fingerprint density at radius 3 is 2.50 bits per heavy atom. The maximum Gasteiger partial charge on any atom is 0.137 e.